The molecule has 0 aliphatic carbocycles. The molecule has 1 aliphatic heterocycles. The lowest BCUT2D eigenvalue weighted by molar-refractivity contribution is 0.457. The van der Waals surface area contributed by atoms with Gasteiger partial charge in [0.1, 0.15) is 0 Å². The van der Waals surface area contributed by atoms with Gasteiger partial charge in [0.25, 0.3) is 0 Å². The minimum atomic E-state index is 0.557. The van der Waals surface area contributed by atoms with E-state index in [4.69, 9.17) is 0 Å². The number of hydrogen-bond acceptors (Lipinski definition) is 2. The second-order valence-electron chi connectivity index (χ2n) is 4.60. The highest BCUT2D eigenvalue weighted by Crippen LogP contribution is 2.22. The minimum absolute atomic E-state index is 0.557. The Morgan fingerprint density at radius 3 is 2.60 bits per heavy atom. The van der Waals surface area contributed by atoms with Crippen LogP contribution in [0.25, 0.3) is 0 Å². The van der Waals surface area contributed by atoms with Crippen molar-refractivity contribution < 1.29 is 0 Å². The molecule has 1 saturated heterocycles. The van der Waals surface area contributed by atoms with E-state index < -0.39 is 0 Å². The van der Waals surface area contributed by atoms with Crippen molar-refractivity contribution in [3.8, 4) is 0 Å². The summed E-state index contributed by atoms with van der Waals surface area (Å²) in [6.07, 6.45) is 0. The molecule has 1 aliphatic rings. The maximum atomic E-state index is 3.63. The molecule has 82 valence electrons. The predicted octanol–water partition coefficient (Wildman–Crippen LogP) is 1.74. The monoisotopic (exact) mass is 204 g/mol. The zero-order chi connectivity index (χ0) is 10.7. The van der Waals surface area contributed by atoms with Gasteiger partial charge in [-0.15, -0.1) is 0 Å². The molecule has 1 fully saturated rings. The van der Waals surface area contributed by atoms with Crippen molar-refractivity contribution >= 4 is 0 Å². The number of rotatable bonds is 3. The van der Waals surface area contributed by atoms with Crippen LogP contribution in [0, 0.1) is 0 Å². The van der Waals surface area contributed by atoms with Crippen molar-refractivity contribution in [1.29, 1.82) is 0 Å². The molecular formula is C13H20N2. The Morgan fingerprint density at radius 2 is 1.93 bits per heavy atom. The SMILES string of the molecule is CC(C)N[C@@H]1CNC[C@H]1c1ccccc1. The topological polar surface area (TPSA) is 24.1 Å². The lowest BCUT2D eigenvalue weighted by Crippen LogP contribution is -2.39. The van der Waals surface area contributed by atoms with Gasteiger partial charge in [-0.2, -0.15) is 0 Å². The Morgan fingerprint density at radius 1 is 1.20 bits per heavy atom. The molecule has 0 amide bonds. The summed E-state index contributed by atoms with van der Waals surface area (Å²) < 4.78 is 0. The van der Waals surface area contributed by atoms with Gasteiger partial charge in [-0.1, -0.05) is 44.2 Å². The third-order valence-corrected chi connectivity index (χ3v) is 2.99. The van der Waals surface area contributed by atoms with Crippen molar-refractivity contribution in [2.75, 3.05) is 13.1 Å². The maximum Gasteiger partial charge on any atom is 0.0275 e. The van der Waals surface area contributed by atoms with Crippen LogP contribution in [0.5, 0.6) is 0 Å². The molecule has 1 aromatic rings. The fourth-order valence-electron chi connectivity index (χ4n) is 2.33. The Hall–Kier alpha value is -0.860. The minimum Gasteiger partial charge on any atom is -0.314 e. The highest BCUT2D eigenvalue weighted by molar-refractivity contribution is 5.23. The smallest absolute Gasteiger partial charge is 0.0275 e. The van der Waals surface area contributed by atoms with Gasteiger partial charge in [0.05, 0.1) is 0 Å². The predicted molar refractivity (Wildman–Crippen MR) is 64.1 cm³/mol. The van der Waals surface area contributed by atoms with Crippen molar-refractivity contribution in [1.82, 2.24) is 10.6 Å². The number of benzene rings is 1. The van der Waals surface area contributed by atoms with Crippen LogP contribution >= 0.6 is 0 Å². The molecule has 15 heavy (non-hydrogen) atoms. The van der Waals surface area contributed by atoms with E-state index in [1.807, 2.05) is 0 Å². The zero-order valence-corrected chi connectivity index (χ0v) is 9.53. The van der Waals surface area contributed by atoms with E-state index >= 15 is 0 Å². The Kier molecular flexibility index (Phi) is 3.39. The highest BCUT2D eigenvalue weighted by Gasteiger charge is 2.28. The van der Waals surface area contributed by atoms with Crippen molar-refractivity contribution in [2.24, 2.45) is 0 Å². The molecular weight excluding hydrogens is 184 g/mol. The average molecular weight is 204 g/mol. The summed E-state index contributed by atoms with van der Waals surface area (Å²) in [7, 11) is 0. The summed E-state index contributed by atoms with van der Waals surface area (Å²) in [5, 5.41) is 7.09. The quantitative estimate of drug-likeness (QED) is 0.783. The first kappa shape index (κ1) is 10.7. The molecule has 2 N–H and O–H groups in total. The van der Waals surface area contributed by atoms with Gasteiger partial charge in [0.2, 0.25) is 0 Å². The van der Waals surface area contributed by atoms with Crippen LogP contribution in [0.3, 0.4) is 0 Å². The molecule has 2 nitrogen and oxygen atoms in total. The standard InChI is InChI=1S/C13H20N2/c1-10(2)15-13-9-14-8-12(13)11-6-4-3-5-7-11/h3-7,10,12-15H,8-9H2,1-2H3/t12-,13+/m0/s1. The van der Waals surface area contributed by atoms with E-state index in [-0.39, 0.29) is 0 Å². The summed E-state index contributed by atoms with van der Waals surface area (Å²) >= 11 is 0. The summed E-state index contributed by atoms with van der Waals surface area (Å²) in [5.74, 6) is 0.619. The fraction of sp³-hybridized carbons (Fsp3) is 0.538. The second-order valence-corrected chi connectivity index (χ2v) is 4.60. The van der Waals surface area contributed by atoms with Crippen molar-refractivity contribution in [3.63, 3.8) is 0 Å². The van der Waals surface area contributed by atoms with Crippen LogP contribution in [0.15, 0.2) is 30.3 Å². The molecule has 0 aromatic heterocycles. The maximum absolute atomic E-state index is 3.63. The van der Waals surface area contributed by atoms with Gasteiger partial charge in [-0.05, 0) is 5.56 Å². The molecule has 0 unspecified atom stereocenters. The molecule has 2 heteroatoms. The van der Waals surface area contributed by atoms with E-state index in [1.165, 1.54) is 5.56 Å². The van der Waals surface area contributed by atoms with E-state index in [1.54, 1.807) is 0 Å². The summed E-state index contributed by atoms with van der Waals surface area (Å²) in [4.78, 5) is 0. The van der Waals surface area contributed by atoms with Gasteiger partial charge < -0.3 is 10.6 Å². The van der Waals surface area contributed by atoms with Crippen LogP contribution < -0.4 is 10.6 Å². The third-order valence-electron chi connectivity index (χ3n) is 2.99. The van der Waals surface area contributed by atoms with Gasteiger partial charge in [0.15, 0.2) is 0 Å². The molecule has 0 saturated carbocycles. The first-order valence-electron chi connectivity index (χ1n) is 5.79. The van der Waals surface area contributed by atoms with Crippen molar-refractivity contribution in [2.45, 2.75) is 31.8 Å². The van der Waals surface area contributed by atoms with Gasteiger partial charge >= 0.3 is 0 Å². The number of hydrogen-bond donors (Lipinski definition) is 2. The van der Waals surface area contributed by atoms with E-state index in [2.05, 4.69) is 54.8 Å². The highest BCUT2D eigenvalue weighted by atomic mass is 15.1. The van der Waals surface area contributed by atoms with E-state index in [0.717, 1.165) is 13.1 Å². The van der Waals surface area contributed by atoms with Gasteiger partial charge in [-0.3, -0.25) is 0 Å². The Bertz CT molecular complexity index is 295. The zero-order valence-electron chi connectivity index (χ0n) is 9.53. The van der Waals surface area contributed by atoms with E-state index in [9.17, 15) is 0 Å². The van der Waals surface area contributed by atoms with Gasteiger partial charge in [-0.25, -0.2) is 0 Å². The molecule has 0 spiro atoms. The van der Waals surface area contributed by atoms with Crippen LogP contribution in [0.1, 0.15) is 25.3 Å². The molecule has 2 rings (SSSR count). The van der Waals surface area contributed by atoms with Crippen LogP contribution in [0.2, 0.25) is 0 Å². The Balaban J connectivity index is 2.08. The lowest BCUT2D eigenvalue weighted by atomic mass is 9.94. The van der Waals surface area contributed by atoms with Gasteiger partial charge in [0, 0.05) is 31.1 Å². The third kappa shape index (κ3) is 2.58. The normalized spacial score (nSPS) is 26.1. The van der Waals surface area contributed by atoms with E-state index in [0.29, 0.717) is 18.0 Å². The molecule has 0 bridgehead atoms. The summed E-state index contributed by atoms with van der Waals surface area (Å²) in [5.41, 5.74) is 1.45. The average Bonchev–Trinajstić information content (AvgIpc) is 2.66. The summed E-state index contributed by atoms with van der Waals surface area (Å²) in [6.45, 7) is 6.59. The molecule has 1 aromatic carbocycles. The molecule has 2 atom stereocenters. The van der Waals surface area contributed by atoms with Crippen LogP contribution in [-0.2, 0) is 0 Å². The first-order chi connectivity index (χ1) is 7.27. The fourth-order valence-corrected chi connectivity index (χ4v) is 2.33. The largest absolute Gasteiger partial charge is 0.314 e. The van der Waals surface area contributed by atoms with Crippen LogP contribution in [0.4, 0.5) is 0 Å². The lowest BCUT2D eigenvalue weighted by Gasteiger charge is -2.22. The molecule has 1 heterocycles. The second kappa shape index (κ2) is 4.77. The summed E-state index contributed by atoms with van der Waals surface area (Å²) in [6, 6.07) is 11.9. The Labute approximate surface area is 92.1 Å². The van der Waals surface area contributed by atoms with Crippen molar-refractivity contribution in [3.05, 3.63) is 35.9 Å². The number of nitrogens with one attached hydrogen (secondary N) is 2. The first-order valence-corrected chi connectivity index (χ1v) is 5.79. The molecule has 0 radical (unpaired) electrons. The van der Waals surface area contributed by atoms with Crippen LogP contribution in [-0.4, -0.2) is 25.2 Å².